The Kier molecular flexibility index (Phi) is 6.55. The van der Waals surface area contributed by atoms with Crippen molar-refractivity contribution in [3.63, 3.8) is 0 Å². The summed E-state index contributed by atoms with van der Waals surface area (Å²) >= 11 is 7.48. The van der Waals surface area contributed by atoms with E-state index >= 15 is 0 Å². The van der Waals surface area contributed by atoms with E-state index in [1.54, 1.807) is 33.1 Å². The number of aryl methyl sites for hydroxylation is 1. The first-order valence-electron chi connectivity index (χ1n) is 9.05. The number of benzene rings is 1. The number of hydrogen-bond acceptors (Lipinski definition) is 6. The average molecular weight is 443 g/mol. The predicted octanol–water partition coefficient (Wildman–Crippen LogP) is 4.22. The van der Waals surface area contributed by atoms with Crippen LogP contribution in [0, 0.1) is 25.2 Å². The second-order valence-corrected chi connectivity index (χ2v) is 7.87. The summed E-state index contributed by atoms with van der Waals surface area (Å²) in [6.07, 6.45) is 0.600. The minimum Gasteiger partial charge on any atom is -0.495 e. The zero-order valence-electron chi connectivity index (χ0n) is 16.6. The minimum absolute atomic E-state index is 0.0822. The van der Waals surface area contributed by atoms with Crippen molar-refractivity contribution < 1.29 is 9.53 Å². The van der Waals surface area contributed by atoms with Crippen LogP contribution in [-0.2, 0) is 11.2 Å². The van der Waals surface area contributed by atoms with Crippen molar-refractivity contribution >= 4 is 34.0 Å². The fourth-order valence-corrected chi connectivity index (χ4v) is 4.12. The van der Waals surface area contributed by atoms with Gasteiger partial charge in [0.2, 0.25) is 5.91 Å². The zero-order chi connectivity index (χ0) is 21.8. The molecule has 3 aromatic rings. The second kappa shape index (κ2) is 9.11. The number of nitrogens with zero attached hydrogens (tertiary/aromatic N) is 2. The summed E-state index contributed by atoms with van der Waals surface area (Å²) in [5, 5.41) is 14.8. The number of methoxy groups -OCH3 is 1. The van der Waals surface area contributed by atoms with E-state index in [4.69, 9.17) is 21.6 Å². The fourth-order valence-electron chi connectivity index (χ4n) is 3.13. The lowest BCUT2D eigenvalue weighted by atomic mass is 9.99. The van der Waals surface area contributed by atoms with Crippen LogP contribution in [0.3, 0.4) is 0 Å². The second-order valence-electron chi connectivity index (χ2n) is 6.60. The number of nitrogens with one attached hydrogen (secondary N) is 2. The van der Waals surface area contributed by atoms with Crippen molar-refractivity contribution in [2.75, 3.05) is 12.4 Å². The predicted molar refractivity (Wildman–Crippen MR) is 117 cm³/mol. The summed E-state index contributed by atoms with van der Waals surface area (Å²) in [6.45, 7) is 3.48. The van der Waals surface area contributed by atoms with Crippen LogP contribution in [0.1, 0.15) is 28.8 Å². The highest BCUT2D eigenvalue weighted by Crippen LogP contribution is 2.31. The van der Waals surface area contributed by atoms with Gasteiger partial charge in [-0.1, -0.05) is 11.6 Å². The van der Waals surface area contributed by atoms with Gasteiger partial charge < -0.3 is 15.0 Å². The zero-order valence-corrected chi connectivity index (χ0v) is 18.2. The molecule has 0 atom stereocenters. The Labute approximate surface area is 182 Å². The maximum absolute atomic E-state index is 12.4. The molecule has 0 aliphatic rings. The van der Waals surface area contributed by atoms with Crippen LogP contribution in [-0.4, -0.2) is 23.0 Å². The van der Waals surface area contributed by atoms with Gasteiger partial charge in [0.1, 0.15) is 17.4 Å². The Morgan fingerprint density at radius 1 is 1.40 bits per heavy atom. The number of carbonyl (C=O) groups excluding carboxylic acids is 1. The van der Waals surface area contributed by atoms with E-state index in [1.165, 1.54) is 11.3 Å². The lowest BCUT2D eigenvalue weighted by Crippen LogP contribution is -2.18. The van der Waals surface area contributed by atoms with Crippen LogP contribution in [0.15, 0.2) is 28.4 Å². The summed E-state index contributed by atoms with van der Waals surface area (Å²) in [5.74, 6) is 0.378. The van der Waals surface area contributed by atoms with Gasteiger partial charge >= 0.3 is 0 Å². The van der Waals surface area contributed by atoms with Gasteiger partial charge in [0.15, 0.2) is 5.13 Å². The third-order valence-corrected chi connectivity index (χ3v) is 5.77. The van der Waals surface area contributed by atoms with Gasteiger partial charge in [-0.15, -0.1) is 11.3 Å². The van der Waals surface area contributed by atoms with Crippen LogP contribution in [0.25, 0.3) is 11.3 Å². The molecule has 7 nitrogen and oxygen atoms in total. The van der Waals surface area contributed by atoms with Gasteiger partial charge in [-0.2, -0.15) is 5.26 Å². The Morgan fingerprint density at radius 2 is 2.17 bits per heavy atom. The standard InChI is InChI=1S/C21H19ClN4O3S/c1-11-14(12(2)24-20(28)15(11)9-23)5-7-19(27)26-21-25-17(10-30-21)13-4-6-18(29-3)16(22)8-13/h4,6,8,10H,5,7H2,1-3H3,(H,24,28)(H,25,26,27). The first-order chi connectivity index (χ1) is 14.3. The van der Waals surface area contributed by atoms with Gasteiger partial charge in [-0.05, 0) is 49.6 Å². The van der Waals surface area contributed by atoms with Crippen molar-refractivity contribution in [1.82, 2.24) is 9.97 Å². The van der Waals surface area contributed by atoms with E-state index in [-0.39, 0.29) is 17.9 Å². The molecule has 0 fully saturated rings. The Morgan fingerprint density at radius 3 is 2.83 bits per heavy atom. The van der Waals surface area contributed by atoms with Crippen LogP contribution in [0.2, 0.25) is 5.02 Å². The molecule has 3 rings (SSSR count). The molecule has 1 aromatic carbocycles. The third-order valence-electron chi connectivity index (χ3n) is 4.72. The molecule has 0 radical (unpaired) electrons. The molecule has 2 N–H and O–H groups in total. The molecule has 9 heteroatoms. The fraction of sp³-hybridized carbons (Fsp3) is 0.238. The number of carbonyl (C=O) groups is 1. The lowest BCUT2D eigenvalue weighted by Gasteiger charge is -2.10. The summed E-state index contributed by atoms with van der Waals surface area (Å²) in [5.41, 5.74) is 3.27. The summed E-state index contributed by atoms with van der Waals surface area (Å²) in [6, 6.07) is 7.29. The Balaban J connectivity index is 1.68. The van der Waals surface area contributed by atoms with E-state index < -0.39 is 5.56 Å². The van der Waals surface area contributed by atoms with E-state index in [1.807, 2.05) is 17.5 Å². The van der Waals surface area contributed by atoms with Crippen LogP contribution < -0.4 is 15.6 Å². The molecular weight excluding hydrogens is 424 g/mol. The number of H-pyrrole nitrogens is 1. The number of pyridine rings is 1. The average Bonchev–Trinajstić information content (AvgIpc) is 3.16. The smallest absolute Gasteiger partial charge is 0.266 e. The van der Waals surface area contributed by atoms with Crippen LogP contribution in [0.5, 0.6) is 5.75 Å². The Bertz CT molecular complexity index is 1210. The molecule has 0 saturated carbocycles. The first-order valence-corrected chi connectivity index (χ1v) is 10.3. The number of amides is 1. The van der Waals surface area contributed by atoms with E-state index in [0.29, 0.717) is 39.3 Å². The molecule has 2 heterocycles. The first kappa shape index (κ1) is 21.6. The maximum atomic E-state index is 12.4. The number of nitriles is 1. The topological polar surface area (TPSA) is 108 Å². The number of ether oxygens (including phenoxy) is 1. The molecule has 0 unspecified atom stereocenters. The number of thiazole rings is 1. The number of hydrogen-bond donors (Lipinski definition) is 2. The monoisotopic (exact) mass is 442 g/mol. The van der Waals surface area contributed by atoms with E-state index in [2.05, 4.69) is 15.3 Å². The molecule has 154 valence electrons. The molecule has 30 heavy (non-hydrogen) atoms. The SMILES string of the molecule is COc1ccc(-c2csc(NC(=O)CCc3c(C)[nH]c(=O)c(C#N)c3C)n2)cc1Cl. The molecular formula is C21H19ClN4O3S. The quantitative estimate of drug-likeness (QED) is 0.594. The number of anilines is 1. The van der Waals surface area contributed by atoms with E-state index in [0.717, 1.165) is 11.1 Å². The van der Waals surface area contributed by atoms with Crippen LogP contribution >= 0.6 is 22.9 Å². The number of aromatic amines is 1. The minimum atomic E-state index is -0.408. The highest BCUT2D eigenvalue weighted by molar-refractivity contribution is 7.14. The van der Waals surface area contributed by atoms with Gasteiger partial charge in [-0.3, -0.25) is 9.59 Å². The van der Waals surface area contributed by atoms with Crippen molar-refractivity contribution in [2.24, 2.45) is 0 Å². The van der Waals surface area contributed by atoms with Crippen LogP contribution in [0.4, 0.5) is 5.13 Å². The number of aromatic nitrogens is 2. The van der Waals surface area contributed by atoms with Crippen molar-refractivity contribution in [2.45, 2.75) is 26.7 Å². The van der Waals surface area contributed by atoms with Gasteiger partial charge in [-0.25, -0.2) is 4.98 Å². The largest absolute Gasteiger partial charge is 0.495 e. The molecule has 2 aromatic heterocycles. The lowest BCUT2D eigenvalue weighted by molar-refractivity contribution is -0.116. The van der Waals surface area contributed by atoms with E-state index in [9.17, 15) is 9.59 Å². The molecule has 0 saturated heterocycles. The molecule has 0 spiro atoms. The van der Waals surface area contributed by atoms with Crippen molar-refractivity contribution in [3.8, 4) is 23.1 Å². The van der Waals surface area contributed by atoms with Gasteiger partial charge in [0.05, 0.1) is 17.8 Å². The van der Waals surface area contributed by atoms with Crippen molar-refractivity contribution in [3.05, 3.63) is 61.3 Å². The molecule has 0 aliphatic heterocycles. The summed E-state index contributed by atoms with van der Waals surface area (Å²) in [4.78, 5) is 31.3. The summed E-state index contributed by atoms with van der Waals surface area (Å²) < 4.78 is 5.15. The molecule has 0 bridgehead atoms. The molecule has 1 amide bonds. The maximum Gasteiger partial charge on any atom is 0.266 e. The normalized spacial score (nSPS) is 10.5. The number of rotatable bonds is 6. The molecule has 0 aliphatic carbocycles. The highest BCUT2D eigenvalue weighted by atomic mass is 35.5. The number of halogens is 1. The third kappa shape index (κ3) is 4.53. The van der Waals surface area contributed by atoms with Gasteiger partial charge in [0.25, 0.3) is 5.56 Å². The van der Waals surface area contributed by atoms with Crippen molar-refractivity contribution in [1.29, 1.82) is 5.26 Å². The van der Waals surface area contributed by atoms with Gasteiger partial charge in [0, 0.05) is 23.1 Å². The Hall–Kier alpha value is -3.15. The highest BCUT2D eigenvalue weighted by Gasteiger charge is 2.14. The summed E-state index contributed by atoms with van der Waals surface area (Å²) in [7, 11) is 1.55.